The number of anilines is 1. The first-order chi connectivity index (χ1) is 10.2. The summed E-state index contributed by atoms with van der Waals surface area (Å²) in [6.07, 6.45) is 5.36. The van der Waals surface area contributed by atoms with Crippen LogP contribution in [0.4, 0.5) is 10.1 Å². The minimum atomic E-state index is -0.403. The number of imidazole rings is 1. The van der Waals surface area contributed by atoms with Gasteiger partial charge in [0.1, 0.15) is 5.82 Å². The minimum absolute atomic E-state index is 0.136. The summed E-state index contributed by atoms with van der Waals surface area (Å²) in [6.45, 7) is 0.561. The molecule has 0 amide bonds. The van der Waals surface area contributed by atoms with Crippen LogP contribution in [0, 0.1) is 5.82 Å². The highest BCUT2D eigenvalue weighted by molar-refractivity contribution is 6.30. The lowest BCUT2D eigenvalue weighted by atomic mass is 10.2. The number of hydrogen-bond acceptors (Lipinski definition) is 2. The van der Waals surface area contributed by atoms with Crippen molar-refractivity contribution in [3.8, 4) is 5.69 Å². The summed E-state index contributed by atoms with van der Waals surface area (Å²) < 4.78 is 15.1. The summed E-state index contributed by atoms with van der Waals surface area (Å²) >= 11 is 5.79. The van der Waals surface area contributed by atoms with E-state index in [4.69, 9.17) is 11.6 Å². The molecule has 0 radical (unpaired) electrons. The fraction of sp³-hybridized carbons (Fsp3) is 0.0625. The Hall–Kier alpha value is -2.33. The van der Waals surface area contributed by atoms with Crippen LogP contribution >= 0.6 is 11.6 Å². The molecular weight excluding hydrogens is 289 g/mol. The Morgan fingerprint density at radius 3 is 2.81 bits per heavy atom. The van der Waals surface area contributed by atoms with E-state index in [1.165, 1.54) is 6.07 Å². The van der Waals surface area contributed by atoms with E-state index in [1.54, 1.807) is 24.7 Å². The van der Waals surface area contributed by atoms with Crippen LogP contribution in [-0.2, 0) is 6.54 Å². The first kappa shape index (κ1) is 13.6. The molecule has 1 aromatic heterocycles. The largest absolute Gasteiger partial charge is 0.379 e. The van der Waals surface area contributed by atoms with Crippen molar-refractivity contribution in [1.29, 1.82) is 0 Å². The fourth-order valence-corrected chi connectivity index (χ4v) is 2.30. The zero-order chi connectivity index (χ0) is 14.7. The molecule has 2 aromatic carbocycles. The van der Waals surface area contributed by atoms with Gasteiger partial charge < -0.3 is 9.88 Å². The standard InChI is InChI=1S/C16H13ClFN3/c17-13-9-12(5-6-14(13)18)10-20-15-3-1-2-4-16(15)21-8-7-19-11-21/h1-9,11,20H,10H2. The van der Waals surface area contributed by atoms with Crippen LogP contribution in [0.15, 0.2) is 61.2 Å². The number of nitrogens with one attached hydrogen (secondary N) is 1. The molecule has 0 saturated heterocycles. The lowest BCUT2D eigenvalue weighted by molar-refractivity contribution is 0.627. The van der Waals surface area contributed by atoms with Gasteiger partial charge in [0.25, 0.3) is 0 Å². The van der Waals surface area contributed by atoms with Gasteiger partial charge in [-0.25, -0.2) is 9.37 Å². The molecule has 106 valence electrons. The van der Waals surface area contributed by atoms with Gasteiger partial charge in [0.2, 0.25) is 0 Å². The lowest BCUT2D eigenvalue weighted by Gasteiger charge is -2.12. The topological polar surface area (TPSA) is 29.9 Å². The number of rotatable bonds is 4. The molecule has 3 nitrogen and oxygen atoms in total. The average Bonchev–Trinajstić information content (AvgIpc) is 3.03. The molecule has 0 aliphatic heterocycles. The van der Waals surface area contributed by atoms with Crippen molar-refractivity contribution in [3.63, 3.8) is 0 Å². The van der Waals surface area contributed by atoms with Gasteiger partial charge >= 0.3 is 0 Å². The molecule has 0 saturated carbocycles. The number of hydrogen-bond donors (Lipinski definition) is 1. The Balaban J connectivity index is 1.81. The van der Waals surface area contributed by atoms with E-state index in [-0.39, 0.29) is 5.02 Å². The van der Waals surface area contributed by atoms with Crippen molar-refractivity contribution < 1.29 is 4.39 Å². The van der Waals surface area contributed by atoms with E-state index in [0.29, 0.717) is 6.54 Å². The van der Waals surface area contributed by atoms with Gasteiger partial charge in [-0.2, -0.15) is 0 Å². The molecule has 3 rings (SSSR count). The van der Waals surface area contributed by atoms with Crippen LogP contribution in [0.1, 0.15) is 5.56 Å². The van der Waals surface area contributed by atoms with Crippen molar-refractivity contribution >= 4 is 17.3 Å². The van der Waals surface area contributed by atoms with Crippen molar-refractivity contribution in [2.24, 2.45) is 0 Å². The molecule has 0 aliphatic rings. The quantitative estimate of drug-likeness (QED) is 0.779. The predicted octanol–water partition coefficient (Wildman–Crippen LogP) is 4.28. The third-order valence-corrected chi connectivity index (χ3v) is 3.44. The first-order valence-electron chi connectivity index (χ1n) is 6.49. The number of para-hydroxylation sites is 2. The van der Waals surface area contributed by atoms with Gasteiger partial charge in [-0.1, -0.05) is 29.8 Å². The SMILES string of the molecule is Fc1ccc(CNc2ccccc2-n2ccnc2)cc1Cl. The highest BCUT2D eigenvalue weighted by atomic mass is 35.5. The van der Waals surface area contributed by atoms with Crippen molar-refractivity contribution in [1.82, 2.24) is 9.55 Å². The number of halogens is 2. The Labute approximate surface area is 127 Å². The van der Waals surface area contributed by atoms with Gasteiger partial charge in [0.05, 0.1) is 22.7 Å². The summed E-state index contributed by atoms with van der Waals surface area (Å²) in [4.78, 5) is 4.06. The third-order valence-electron chi connectivity index (χ3n) is 3.15. The van der Waals surface area contributed by atoms with E-state index in [2.05, 4.69) is 10.3 Å². The molecule has 3 aromatic rings. The third kappa shape index (κ3) is 3.06. The zero-order valence-electron chi connectivity index (χ0n) is 11.1. The average molecular weight is 302 g/mol. The van der Waals surface area contributed by atoms with Crippen LogP contribution in [0.2, 0.25) is 5.02 Å². The second-order valence-corrected chi connectivity index (χ2v) is 5.00. The monoisotopic (exact) mass is 301 g/mol. The molecular formula is C16H13ClFN3. The summed E-state index contributed by atoms with van der Waals surface area (Å²) in [5, 5.41) is 3.47. The maximum Gasteiger partial charge on any atom is 0.141 e. The van der Waals surface area contributed by atoms with Crippen molar-refractivity contribution in [2.45, 2.75) is 6.54 Å². The second kappa shape index (κ2) is 5.97. The molecule has 0 fully saturated rings. The van der Waals surface area contributed by atoms with Crippen LogP contribution in [0.5, 0.6) is 0 Å². The molecule has 1 heterocycles. The van der Waals surface area contributed by atoms with E-state index in [0.717, 1.165) is 16.9 Å². The molecule has 0 atom stereocenters. The molecule has 21 heavy (non-hydrogen) atoms. The maximum absolute atomic E-state index is 13.1. The minimum Gasteiger partial charge on any atom is -0.379 e. The van der Waals surface area contributed by atoms with Crippen LogP contribution in [0.3, 0.4) is 0 Å². The van der Waals surface area contributed by atoms with E-state index in [1.807, 2.05) is 35.0 Å². The summed E-state index contributed by atoms with van der Waals surface area (Å²) in [7, 11) is 0. The zero-order valence-corrected chi connectivity index (χ0v) is 11.9. The molecule has 0 unspecified atom stereocenters. The van der Waals surface area contributed by atoms with Crippen molar-refractivity contribution in [3.05, 3.63) is 77.6 Å². The van der Waals surface area contributed by atoms with Gasteiger partial charge in [-0.3, -0.25) is 0 Å². The molecule has 5 heteroatoms. The van der Waals surface area contributed by atoms with Gasteiger partial charge in [0.15, 0.2) is 0 Å². The van der Waals surface area contributed by atoms with E-state index in [9.17, 15) is 4.39 Å². The predicted molar refractivity (Wildman–Crippen MR) is 82.3 cm³/mol. The Bertz CT molecular complexity index is 741. The molecule has 0 spiro atoms. The second-order valence-electron chi connectivity index (χ2n) is 4.59. The summed E-state index contributed by atoms with van der Waals surface area (Å²) in [6, 6.07) is 12.6. The van der Waals surface area contributed by atoms with Gasteiger partial charge in [-0.05, 0) is 29.8 Å². The highest BCUT2D eigenvalue weighted by Gasteiger charge is 2.05. The lowest BCUT2D eigenvalue weighted by Crippen LogP contribution is -2.03. The molecule has 1 N–H and O–H groups in total. The summed E-state index contributed by atoms with van der Waals surface area (Å²) in [5.41, 5.74) is 2.89. The Morgan fingerprint density at radius 1 is 1.19 bits per heavy atom. The fourth-order valence-electron chi connectivity index (χ4n) is 2.10. The molecule has 0 bridgehead atoms. The first-order valence-corrected chi connectivity index (χ1v) is 6.87. The highest BCUT2D eigenvalue weighted by Crippen LogP contribution is 2.21. The van der Waals surface area contributed by atoms with E-state index >= 15 is 0 Å². The van der Waals surface area contributed by atoms with Crippen LogP contribution in [0.25, 0.3) is 5.69 Å². The maximum atomic E-state index is 13.1. The molecule has 0 aliphatic carbocycles. The van der Waals surface area contributed by atoms with E-state index < -0.39 is 5.82 Å². The van der Waals surface area contributed by atoms with Gasteiger partial charge in [0, 0.05) is 18.9 Å². The van der Waals surface area contributed by atoms with Crippen molar-refractivity contribution in [2.75, 3.05) is 5.32 Å². The van der Waals surface area contributed by atoms with Gasteiger partial charge in [-0.15, -0.1) is 0 Å². The number of nitrogens with zero attached hydrogens (tertiary/aromatic N) is 2. The number of benzene rings is 2. The number of aromatic nitrogens is 2. The summed E-state index contributed by atoms with van der Waals surface area (Å²) in [5.74, 6) is -0.403. The van der Waals surface area contributed by atoms with Crippen LogP contribution in [-0.4, -0.2) is 9.55 Å². The smallest absolute Gasteiger partial charge is 0.141 e. The Kier molecular flexibility index (Phi) is 3.88. The normalized spacial score (nSPS) is 10.6. The Morgan fingerprint density at radius 2 is 2.05 bits per heavy atom. The van der Waals surface area contributed by atoms with Crippen LogP contribution < -0.4 is 5.32 Å².